The normalized spacial score (nSPS) is 11.3. The van der Waals surface area contributed by atoms with Crippen molar-refractivity contribution in [1.82, 2.24) is 14.7 Å². The summed E-state index contributed by atoms with van der Waals surface area (Å²) in [7, 11) is -3.68. The van der Waals surface area contributed by atoms with Gasteiger partial charge in [-0.05, 0) is 30.7 Å². The van der Waals surface area contributed by atoms with Crippen molar-refractivity contribution in [3.63, 3.8) is 0 Å². The van der Waals surface area contributed by atoms with Crippen molar-refractivity contribution < 1.29 is 8.42 Å². The molecule has 2 aromatic heterocycles. The lowest BCUT2D eigenvalue weighted by atomic mass is 10.4. The molecule has 2 aromatic rings. The quantitative estimate of drug-likeness (QED) is 0.814. The van der Waals surface area contributed by atoms with Crippen LogP contribution in [0.15, 0.2) is 47.8 Å². The topological polar surface area (TPSA) is 84.0 Å². The standard InChI is InChI=1S/C14H18N4O2S/c1-2-8-16-13-7-5-10-17-14(13)21(19,20)18-11-12-6-3-4-9-15-12/h3-7,9-10,16,18H,2,8,11H2,1H3. The molecule has 0 aliphatic heterocycles. The van der Waals surface area contributed by atoms with Crippen LogP contribution in [0.25, 0.3) is 0 Å². The fourth-order valence-electron chi connectivity index (χ4n) is 1.74. The molecule has 112 valence electrons. The summed E-state index contributed by atoms with van der Waals surface area (Å²) < 4.78 is 27.2. The first-order chi connectivity index (χ1) is 10.1. The smallest absolute Gasteiger partial charge is 0.260 e. The van der Waals surface area contributed by atoms with Crippen LogP contribution in [0.3, 0.4) is 0 Å². The maximum absolute atomic E-state index is 12.3. The van der Waals surface area contributed by atoms with Gasteiger partial charge in [0.15, 0.2) is 5.03 Å². The third-order valence-electron chi connectivity index (χ3n) is 2.76. The fourth-order valence-corrected chi connectivity index (χ4v) is 2.84. The Hall–Kier alpha value is -1.99. The number of nitrogens with one attached hydrogen (secondary N) is 2. The number of aromatic nitrogens is 2. The van der Waals surface area contributed by atoms with Crippen LogP contribution in [0.1, 0.15) is 19.0 Å². The Morgan fingerprint density at radius 1 is 1.10 bits per heavy atom. The highest BCUT2D eigenvalue weighted by molar-refractivity contribution is 7.89. The highest BCUT2D eigenvalue weighted by Crippen LogP contribution is 2.17. The van der Waals surface area contributed by atoms with Crippen LogP contribution in [0.2, 0.25) is 0 Å². The highest BCUT2D eigenvalue weighted by Gasteiger charge is 2.19. The molecule has 0 aromatic carbocycles. The van der Waals surface area contributed by atoms with Crippen molar-refractivity contribution in [2.75, 3.05) is 11.9 Å². The zero-order valence-corrected chi connectivity index (χ0v) is 12.6. The van der Waals surface area contributed by atoms with Crippen LogP contribution in [0.5, 0.6) is 0 Å². The summed E-state index contributed by atoms with van der Waals surface area (Å²) in [6, 6.07) is 8.76. The van der Waals surface area contributed by atoms with Crippen LogP contribution >= 0.6 is 0 Å². The molecule has 2 heterocycles. The van der Waals surface area contributed by atoms with Crippen LogP contribution < -0.4 is 10.0 Å². The second-order valence-corrected chi connectivity index (χ2v) is 6.11. The number of nitrogens with zero attached hydrogens (tertiary/aromatic N) is 2. The Kier molecular flexibility index (Phi) is 5.24. The highest BCUT2D eigenvalue weighted by atomic mass is 32.2. The maximum Gasteiger partial charge on any atom is 0.260 e. The van der Waals surface area contributed by atoms with Crippen molar-refractivity contribution in [1.29, 1.82) is 0 Å². The van der Waals surface area contributed by atoms with E-state index in [9.17, 15) is 8.42 Å². The number of hydrogen-bond acceptors (Lipinski definition) is 5. The molecular formula is C14H18N4O2S. The summed E-state index contributed by atoms with van der Waals surface area (Å²) in [5.41, 5.74) is 1.16. The minimum absolute atomic E-state index is 0.00869. The van der Waals surface area contributed by atoms with E-state index >= 15 is 0 Å². The largest absolute Gasteiger partial charge is 0.383 e. The van der Waals surface area contributed by atoms with Crippen molar-refractivity contribution in [2.45, 2.75) is 24.9 Å². The molecule has 0 saturated heterocycles. The molecule has 0 saturated carbocycles. The van der Waals surface area contributed by atoms with Gasteiger partial charge < -0.3 is 5.32 Å². The molecule has 7 heteroatoms. The molecular weight excluding hydrogens is 288 g/mol. The molecule has 0 aliphatic carbocycles. The van der Waals surface area contributed by atoms with Crippen molar-refractivity contribution in [3.05, 3.63) is 48.4 Å². The van der Waals surface area contributed by atoms with Gasteiger partial charge in [0.1, 0.15) is 0 Å². The Morgan fingerprint density at radius 2 is 1.90 bits per heavy atom. The van der Waals surface area contributed by atoms with Crippen molar-refractivity contribution in [2.24, 2.45) is 0 Å². The van der Waals surface area contributed by atoms with Gasteiger partial charge in [0.05, 0.1) is 17.9 Å². The lowest BCUT2D eigenvalue weighted by Crippen LogP contribution is -2.25. The first-order valence-corrected chi connectivity index (χ1v) is 8.20. The molecule has 0 unspecified atom stereocenters. The van der Waals surface area contributed by atoms with E-state index in [4.69, 9.17) is 0 Å². The van der Waals surface area contributed by atoms with Crippen LogP contribution in [0, 0.1) is 0 Å². The van der Waals surface area contributed by atoms with Crippen LogP contribution in [-0.4, -0.2) is 24.9 Å². The van der Waals surface area contributed by atoms with E-state index in [1.807, 2.05) is 13.0 Å². The molecule has 21 heavy (non-hydrogen) atoms. The van der Waals surface area contributed by atoms with Crippen LogP contribution in [-0.2, 0) is 16.6 Å². The monoisotopic (exact) mass is 306 g/mol. The van der Waals surface area contributed by atoms with Crippen molar-refractivity contribution in [3.8, 4) is 0 Å². The first-order valence-electron chi connectivity index (χ1n) is 6.72. The van der Waals surface area contributed by atoms with Crippen LogP contribution in [0.4, 0.5) is 5.69 Å². The van der Waals surface area contributed by atoms with E-state index in [0.717, 1.165) is 6.42 Å². The van der Waals surface area contributed by atoms with Gasteiger partial charge in [0.25, 0.3) is 10.0 Å². The molecule has 6 nitrogen and oxygen atoms in total. The predicted octanol–water partition coefficient (Wildman–Crippen LogP) is 1.78. The fraction of sp³-hybridized carbons (Fsp3) is 0.286. The zero-order chi connectivity index (χ0) is 15.1. The Morgan fingerprint density at radius 3 is 2.62 bits per heavy atom. The summed E-state index contributed by atoms with van der Waals surface area (Å²) in [4.78, 5) is 8.07. The SMILES string of the molecule is CCCNc1cccnc1S(=O)(=O)NCc1ccccn1. The molecule has 0 bridgehead atoms. The Balaban J connectivity index is 2.15. The summed E-state index contributed by atoms with van der Waals surface area (Å²) in [5, 5.41) is 3.08. The van der Waals surface area contributed by atoms with E-state index in [2.05, 4.69) is 20.0 Å². The summed E-state index contributed by atoms with van der Waals surface area (Å²) in [6.45, 7) is 2.83. The number of pyridine rings is 2. The number of rotatable bonds is 7. The van der Waals surface area contributed by atoms with Gasteiger partial charge >= 0.3 is 0 Å². The minimum Gasteiger partial charge on any atom is -0.383 e. The second-order valence-electron chi connectivity index (χ2n) is 4.43. The summed E-state index contributed by atoms with van der Waals surface area (Å²) >= 11 is 0. The maximum atomic E-state index is 12.3. The Bertz CT molecular complexity index is 674. The van der Waals surface area contributed by atoms with E-state index in [0.29, 0.717) is 17.9 Å². The van der Waals surface area contributed by atoms with Gasteiger partial charge in [-0.2, -0.15) is 0 Å². The minimum atomic E-state index is -3.68. The molecule has 0 fully saturated rings. The van der Waals surface area contributed by atoms with E-state index in [-0.39, 0.29) is 11.6 Å². The van der Waals surface area contributed by atoms with E-state index in [1.165, 1.54) is 6.20 Å². The lowest BCUT2D eigenvalue weighted by Gasteiger charge is -2.11. The van der Waals surface area contributed by atoms with Gasteiger partial charge in [-0.1, -0.05) is 13.0 Å². The van der Waals surface area contributed by atoms with E-state index in [1.54, 1.807) is 30.5 Å². The van der Waals surface area contributed by atoms with Gasteiger partial charge in [-0.15, -0.1) is 0 Å². The molecule has 0 spiro atoms. The molecule has 0 amide bonds. The predicted molar refractivity (Wildman–Crippen MR) is 81.3 cm³/mol. The van der Waals surface area contributed by atoms with Gasteiger partial charge in [0, 0.05) is 18.9 Å². The first kappa shape index (κ1) is 15.4. The number of hydrogen-bond donors (Lipinski definition) is 2. The number of anilines is 1. The average Bonchev–Trinajstić information content (AvgIpc) is 2.52. The third-order valence-corrected chi connectivity index (χ3v) is 4.12. The molecule has 0 radical (unpaired) electrons. The molecule has 2 rings (SSSR count). The summed E-state index contributed by atoms with van der Waals surface area (Å²) in [6.07, 6.45) is 3.99. The molecule has 0 aliphatic rings. The van der Waals surface area contributed by atoms with Gasteiger partial charge in [-0.25, -0.2) is 18.1 Å². The molecule has 0 atom stereocenters. The number of sulfonamides is 1. The van der Waals surface area contributed by atoms with Gasteiger partial charge in [-0.3, -0.25) is 4.98 Å². The zero-order valence-electron chi connectivity index (χ0n) is 11.8. The molecule has 2 N–H and O–H groups in total. The Labute approximate surface area is 124 Å². The average molecular weight is 306 g/mol. The van der Waals surface area contributed by atoms with Gasteiger partial charge in [0.2, 0.25) is 0 Å². The van der Waals surface area contributed by atoms with Crippen molar-refractivity contribution >= 4 is 15.7 Å². The summed E-state index contributed by atoms with van der Waals surface area (Å²) in [5.74, 6) is 0. The second kappa shape index (κ2) is 7.14. The third kappa shape index (κ3) is 4.24. The lowest BCUT2D eigenvalue weighted by molar-refractivity contribution is 0.577. The van der Waals surface area contributed by atoms with E-state index < -0.39 is 10.0 Å².